The van der Waals surface area contributed by atoms with Gasteiger partial charge in [-0.05, 0) is 36.5 Å². The van der Waals surface area contributed by atoms with E-state index in [1.165, 1.54) is 24.1 Å². The zero-order chi connectivity index (χ0) is 10.8. The highest BCUT2D eigenvalue weighted by Crippen LogP contribution is 2.32. The Balaban J connectivity index is 2.18. The van der Waals surface area contributed by atoms with Crippen LogP contribution < -0.4 is 10.6 Å². The summed E-state index contributed by atoms with van der Waals surface area (Å²) in [4.78, 5) is 2.27. The third-order valence-electron chi connectivity index (χ3n) is 2.91. The number of nitrogens with zero attached hydrogens (tertiary/aromatic N) is 1. The number of hydrogen-bond donors (Lipinski definition) is 1. The van der Waals surface area contributed by atoms with Crippen molar-refractivity contribution in [1.29, 1.82) is 0 Å². The number of benzene rings is 1. The Morgan fingerprint density at radius 3 is 2.80 bits per heavy atom. The third-order valence-corrected chi connectivity index (χ3v) is 3.14. The number of halogens is 1. The molecule has 0 aliphatic heterocycles. The van der Waals surface area contributed by atoms with Gasteiger partial charge in [-0.2, -0.15) is 0 Å². The minimum absolute atomic E-state index is 0.571. The maximum atomic E-state index is 6.00. The fourth-order valence-corrected chi connectivity index (χ4v) is 2.02. The molecule has 1 aliphatic rings. The maximum Gasteiger partial charge on any atom is 0.0426 e. The summed E-state index contributed by atoms with van der Waals surface area (Å²) in [5, 5.41) is 0.782. The van der Waals surface area contributed by atoms with E-state index in [4.69, 9.17) is 17.3 Å². The summed E-state index contributed by atoms with van der Waals surface area (Å²) in [6.45, 7) is 1.69. The molecule has 0 atom stereocenters. The van der Waals surface area contributed by atoms with Crippen molar-refractivity contribution in [2.75, 3.05) is 18.5 Å². The van der Waals surface area contributed by atoms with Crippen LogP contribution in [0.2, 0.25) is 5.02 Å². The van der Waals surface area contributed by atoms with E-state index in [2.05, 4.69) is 11.9 Å². The number of hydrogen-bond acceptors (Lipinski definition) is 2. The van der Waals surface area contributed by atoms with Crippen LogP contribution in [-0.2, 0) is 6.54 Å². The van der Waals surface area contributed by atoms with Gasteiger partial charge in [0.15, 0.2) is 0 Å². The highest BCUT2D eigenvalue weighted by atomic mass is 35.5. The highest BCUT2D eigenvalue weighted by molar-refractivity contribution is 6.30. The van der Waals surface area contributed by atoms with E-state index in [9.17, 15) is 0 Å². The standard InChI is InChI=1S/C12H17ClN2/c1-15(8-9-2-3-9)12-6-11(13)5-4-10(12)7-14/h4-6,9H,2-3,7-8,14H2,1H3. The molecule has 15 heavy (non-hydrogen) atoms. The Hall–Kier alpha value is -0.730. The average Bonchev–Trinajstić information content (AvgIpc) is 3.01. The van der Waals surface area contributed by atoms with Gasteiger partial charge < -0.3 is 10.6 Å². The lowest BCUT2D eigenvalue weighted by molar-refractivity contribution is 0.782. The summed E-state index contributed by atoms with van der Waals surface area (Å²) >= 11 is 6.00. The van der Waals surface area contributed by atoms with E-state index in [0.29, 0.717) is 6.54 Å². The molecule has 2 rings (SSSR count). The van der Waals surface area contributed by atoms with E-state index in [1.54, 1.807) is 0 Å². The van der Waals surface area contributed by atoms with E-state index in [0.717, 1.165) is 17.5 Å². The molecule has 1 aliphatic carbocycles. The number of anilines is 1. The zero-order valence-corrected chi connectivity index (χ0v) is 9.80. The van der Waals surface area contributed by atoms with Gasteiger partial charge in [0.05, 0.1) is 0 Å². The summed E-state index contributed by atoms with van der Waals surface area (Å²) in [5.74, 6) is 0.875. The van der Waals surface area contributed by atoms with Crippen molar-refractivity contribution < 1.29 is 0 Å². The lowest BCUT2D eigenvalue weighted by Crippen LogP contribution is -2.22. The molecule has 1 aromatic carbocycles. The van der Waals surface area contributed by atoms with E-state index in [-0.39, 0.29) is 0 Å². The Labute approximate surface area is 96.0 Å². The van der Waals surface area contributed by atoms with E-state index >= 15 is 0 Å². The molecule has 0 saturated heterocycles. The van der Waals surface area contributed by atoms with Gasteiger partial charge in [0.2, 0.25) is 0 Å². The summed E-state index contributed by atoms with van der Waals surface area (Å²) < 4.78 is 0. The molecule has 0 bridgehead atoms. The molecule has 1 aromatic rings. The fourth-order valence-electron chi connectivity index (χ4n) is 1.85. The van der Waals surface area contributed by atoms with Gasteiger partial charge >= 0.3 is 0 Å². The van der Waals surface area contributed by atoms with Crippen LogP contribution in [0.5, 0.6) is 0 Å². The largest absolute Gasteiger partial charge is 0.374 e. The van der Waals surface area contributed by atoms with Crippen LogP contribution in [0.25, 0.3) is 0 Å². The van der Waals surface area contributed by atoms with Gasteiger partial charge in [0, 0.05) is 30.8 Å². The molecular weight excluding hydrogens is 208 g/mol. The molecule has 82 valence electrons. The molecule has 2 nitrogen and oxygen atoms in total. The van der Waals surface area contributed by atoms with Crippen molar-refractivity contribution >= 4 is 17.3 Å². The Morgan fingerprint density at radius 1 is 1.47 bits per heavy atom. The molecule has 0 spiro atoms. The van der Waals surface area contributed by atoms with E-state index in [1.807, 2.05) is 18.2 Å². The fraction of sp³-hybridized carbons (Fsp3) is 0.500. The van der Waals surface area contributed by atoms with Crippen LogP contribution in [-0.4, -0.2) is 13.6 Å². The smallest absolute Gasteiger partial charge is 0.0426 e. The van der Waals surface area contributed by atoms with Crippen molar-refractivity contribution in [1.82, 2.24) is 0 Å². The first kappa shape index (κ1) is 10.8. The monoisotopic (exact) mass is 224 g/mol. The summed E-state index contributed by atoms with van der Waals surface area (Å²) in [6, 6.07) is 5.92. The van der Waals surface area contributed by atoms with E-state index < -0.39 is 0 Å². The minimum Gasteiger partial charge on any atom is -0.374 e. The Morgan fingerprint density at radius 2 is 2.20 bits per heavy atom. The second-order valence-corrected chi connectivity index (χ2v) is 4.74. The maximum absolute atomic E-state index is 6.00. The topological polar surface area (TPSA) is 29.3 Å². The predicted octanol–water partition coefficient (Wildman–Crippen LogP) is 2.64. The van der Waals surface area contributed by atoms with Crippen LogP contribution in [0.15, 0.2) is 18.2 Å². The van der Waals surface area contributed by atoms with Crippen LogP contribution in [0.1, 0.15) is 18.4 Å². The number of nitrogens with two attached hydrogens (primary N) is 1. The Kier molecular flexibility index (Phi) is 3.17. The highest BCUT2D eigenvalue weighted by Gasteiger charge is 2.23. The minimum atomic E-state index is 0.571. The summed E-state index contributed by atoms with van der Waals surface area (Å²) in [5.41, 5.74) is 8.06. The third kappa shape index (κ3) is 2.64. The first-order valence-corrected chi connectivity index (χ1v) is 5.78. The SMILES string of the molecule is CN(CC1CC1)c1cc(Cl)ccc1CN. The molecule has 3 heteroatoms. The average molecular weight is 225 g/mol. The molecule has 1 saturated carbocycles. The van der Waals surface area contributed by atoms with Crippen LogP contribution in [0, 0.1) is 5.92 Å². The second kappa shape index (κ2) is 4.42. The van der Waals surface area contributed by atoms with Crippen molar-refractivity contribution in [3.05, 3.63) is 28.8 Å². The van der Waals surface area contributed by atoms with Crippen molar-refractivity contribution in [2.45, 2.75) is 19.4 Å². The van der Waals surface area contributed by atoms with Gasteiger partial charge in [0.25, 0.3) is 0 Å². The van der Waals surface area contributed by atoms with Crippen LogP contribution in [0.3, 0.4) is 0 Å². The lowest BCUT2D eigenvalue weighted by Gasteiger charge is -2.22. The second-order valence-electron chi connectivity index (χ2n) is 4.30. The van der Waals surface area contributed by atoms with Gasteiger partial charge in [0.1, 0.15) is 0 Å². The van der Waals surface area contributed by atoms with Crippen molar-refractivity contribution in [3.63, 3.8) is 0 Å². The summed E-state index contributed by atoms with van der Waals surface area (Å²) in [6.07, 6.45) is 2.73. The molecule has 0 radical (unpaired) electrons. The molecule has 0 aromatic heterocycles. The van der Waals surface area contributed by atoms with Gasteiger partial charge in [-0.3, -0.25) is 0 Å². The van der Waals surface area contributed by atoms with Crippen molar-refractivity contribution in [3.8, 4) is 0 Å². The molecule has 0 heterocycles. The normalized spacial score (nSPS) is 15.4. The Bertz CT molecular complexity index is 347. The summed E-state index contributed by atoms with van der Waals surface area (Å²) in [7, 11) is 2.11. The quantitative estimate of drug-likeness (QED) is 0.852. The first-order valence-electron chi connectivity index (χ1n) is 5.40. The van der Waals surface area contributed by atoms with Crippen molar-refractivity contribution in [2.24, 2.45) is 11.7 Å². The first-order chi connectivity index (χ1) is 7.20. The molecule has 1 fully saturated rings. The lowest BCUT2D eigenvalue weighted by atomic mass is 10.1. The predicted molar refractivity (Wildman–Crippen MR) is 65.3 cm³/mol. The molecule has 0 unspecified atom stereocenters. The molecule has 2 N–H and O–H groups in total. The molecule has 0 amide bonds. The molecular formula is C12H17ClN2. The van der Waals surface area contributed by atoms with Crippen LogP contribution >= 0.6 is 11.6 Å². The van der Waals surface area contributed by atoms with Crippen LogP contribution in [0.4, 0.5) is 5.69 Å². The van der Waals surface area contributed by atoms with Gasteiger partial charge in [-0.25, -0.2) is 0 Å². The number of rotatable bonds is 4. The van der Waals surface area contributed by atoms with Gasteiger partial charge in [-0.15, -0.1) is 0 Å². The van der Waals surface area contributed by atoms with Gasteiger partial charge in [-0.1, -0.05) is 17.7 Å². The zero-order valence-electron chi connectivity index (χ0n) is 9.04.